The Hall–Kier alpha value is -0.910. The van der Waals surface area contributed by atoms with Crippen LogP contribution in [0, 0.1) is 0 Å². The zero-order valence-corrected chi connectivity index (χ0v) is 14.8. The lowest BCUT2D eigenvalue weighted by Crippen LogP contribution is -2.44. The number of nitrogens with one attached hydrogen (secondary N) is 2. The van der Waals surface area contributed by atoms with Crippen molar-refractivity contribution in [1.29, 1.82) is 0 Å². The molecular weight excluding hydrogens is 274 g/mol. The van der Waals surface area contributed by atoms with Crippen LogP contribution in [0.15, 0.2) is 6.20 Å². The number of hydrogen-bond acceptors (Lipinski definition) is 4. The fourth-order valence-electron chi connectivity index (χ4n) is 2.97. The zero-order valence-electron chi connectivity index (χ0n) is 14.8. The van der Waals surface area contributed by atoms with E-state index in [1.54, 1.807) is 0 Å². The Balaban J connectivity index is 1.57. The number of piperazine rings is 1. The minimum absolute atomic E-state index is 0.134. The second-order valence-corrected chi connectivity index (χ2v) is 7.55. The highest BCUT2D eigenvalue weighted by Gasteiger charge is 2.19. The van der Waals surface area contributed by atoms with E-state index in [9.17, 15) is 0 Å². The number of aromatic amines is 1. The molecule has 1 aliphatic rings. The highest BCUT2D eigenvalue weighted by Crippen LogP contribution is 2.23. The molecule has 0 saturated carbocycles. The van der Waals surface area contributed by atoms with Crippen molar-refractivity contribution in [3.8, 4) is 0 Å². The molecule has 126 valence electrons. The number of likely N-dealkylation sites (N-methyl/N-ethyl adjacent to an activating group) is 1. The van der Waals surface area contributed by atoms with Gasteiger partial charge in [-0.25, -0.2) is 0 Å². The van der Waals surface area contributed by atoms with Gasteiger partial charge in [-0.05, 0) is 33.0 Å². The summed E-state index contributed by atoms with van der Waals surface area (Å²) in [5.41, 5.74) is 2.68. The molecule has 5 nitrogen and oxygen atoms in total. The molecule has 5 heteroatoms. The van der Waals surface area contributed by atoms with Gasteiger partial charge in [0.25, 0.3) is 0 Å². The molecule has 2 heterocycles. The summed E-state index contributed by atoms with van der Waals surface area (Å²) in [6.45, 7) is 14.8. The molecule has 0 bridgehead atoms. The van der Waals surface area contributed by atoms with E-state index in [2.05, 4.69) is 53.1 Å². The van der Waals surface area contributed by atoms with Gasteiger partial charge in [0.2, 0.25) is 0 Å². The summed E-state index contributed by atoms with van der Waals surface area (Å²) in [7, 11) is 2.21. The van der Waals surface area contributed by atoms with E-state index in [-0.39, 0.29) is 5.41 Å². The van der Waals surface area contributed by atoms with Crippen LogP contribution in [0.3, 0.4) is 0 Å². The van der Waals surface area contributed by atoms with Crippen LogP contribution in [-0.4, -0.2) is 66.3 Å². The summed E-state index contributed by atoms with van der Waals surface area (Å²) in [6.07, 6.45) is 4.49. The van der Waals surface area contributed by atoms with Crippen LogP contribution in [0.2, 0.25) is 0 Å². The lowest BCUT2D eigenvalue weighted by Gasteiger charge is -2.32. The lowest BCUT2D eigenvalue weighted by molar-refractivity contribution is 0.152. The molecule has 0 unspecified atom stereocenters. The maximum Gasteiger partial charge on any atom is 0.0535 e. The van der Waals surface area contributed by atoms with Crippen LogP contribution in [0.1, 0.15) is 44.9 Å². The van der Waals surface area contributed by atoms with Gasteiger partial charge in [0.15, 0.2) is 0 Å². The van der Waals surface area contributed by atoms with Crippen molar-refractivity contribution in [1.82, 2.24) is 25.3 Å². The van der Waals surface area contributed by atoms with Crippen molar-refractivity contribution in [2.24, 2.45) is 0 Å². The van der Waals surface area contributed by atoms with Crippen molar-refractivity contribution >= 4 is 0 Å². The molecule has 2 rings (SSSR count). The zero-order chi connectivity index (χ0) is 16.0. The molecule has 1 aliphatic heterocycles. The predicted octanol–water partition coefficient (Wildman–Crippen LogP) is 1.82. The quantitative estimate of drug-likeness (QED) is 0.755. The molecule has 1 aromatic heterocycles. The molecule has 2 N–H and O–H groups in total. The van der Waals surface area contributed by atoms with Crippen molar-refractivity contribution in [3.63, 3.8) is 0 Å². The van der Waals surface area contributed by atoms with Gasteiger partial charge < -0.3 is 15.1 Å². The van der Waals surface area contributed by atoms with Crippen LogP contribution in [0.5, 0.6) is 0 Å². The van der Waals surface area contributed by atoms with Crippen molar-refractivity contribution in [3.05, 3.63) is 17.5 Å². The van der Waals surface area contributed by atoms with E-state index in [1.807, 2.05) is 6.20 Å². The summed E-state index contributed by atoms with van der Waals surface area (Å²) in [5.74, 6) is 0. The van der Waals surface area contributed by atoms with Gasteiger partial charge >= 0.3 is 0 Å². The fraction of sp³-hybridized carbons (Fsp3) is 0.824. The van der Waals surface area contributed by atoms with Gasteiger partial charge in [0, 0.05) is 49.4 Å². The number of H-pyrrole nitrogens is 1. The minimum atomic E-state index is 0.134. The first-order valence-corrected chi connectivity index (χ1v) is 8.61. The highest BCUT2D eigenvalue weighted by molar-refractivity contribution is 5.23. The Bertz CT molecular complexity index is 427. The third-order valence-electron chi connectivity index (χ3n) is 4.46. The van der Waals surface area contributed by atoms with Crippen LogP contribution in [0.4, 0.5) is 0 Å². The van der Waals surface area contributed by atoms with E-state index < -0.39 is 0 Å². The van der Waals surface area contributed by atoms with Crippen LogP contribution in [0.25, 0.3) is 0 Å². The molecule has 1 fully saturated rings. The maximum atomic E-state index is 4.20. The molecule has 0 aromatic carbocycles. The standard InChI is InChI=1S/C17H33N5/c1-17(2,3)16-15(14-19-20-16)13-18-7-5-6-8-22-11-9-21(4)10-12-22/h14,18H,5-13H2,1-4H3,(H,19,20). The number of hydrogen-bond donors (Lipinski definition) is 2. The third kappa shape index (κ3) is 5.38. The molecule has 22 heavy (non-hydrogen) atoms. The van der Waals surface area contributed by atoms with Crippen molar-refractivity contribution in [2.75, 3.05) is 46.3 Å². The molecular formula is C17H33N5. The molecule has 1 saturated heterocycles. The Morgan fingerprint density at radius 2 is 1.91 bits per heavy atom. The van der Waals surface area contributed by atoms with E-state index in [0.717, 1.165) is 13.1 Å². The van der Waals surface area contributed by atoms with Crippen LogP contribution >= 0.6 is 0 Å². The Kier molecular flexibility index (Phi) is 6.41. The maximum absolute atomic E-state index is 4.20. The smallest absolute Gasteiger partial charge is 0.0535 e. The number of unbranched alkanes of at least 4 members (excludes halogenated alkanes) is 1. The van der Waals surface area contributed by atoms with Gasteiger partial charge in [-0.1, -0.05) is 20.8 Å². The Morgan fingerprint density at radius 3 is 2.59 bits per heavy atom. The Labute approximate surface area is 135 Å². The first-order valence-electron chi connectivity index (χ1n) is 8.61. The molecule has 0 spiro atoms. The van der Waals surface area contributed by atoms with E-state index in [1.165, 1.54) is 56.8 Å². The molecule has 0 radical (unpaired) electrons. The fourth-order valence-corrected chi connectivity index (χ4v) is 2.97. The van der Waals surface area contributed by atoms with E-state index in [4.69, 9.17) is 0 Å². The number of rotatable bonds is 7. The van der Waals surface area contributed by atoms with E-state index in [0.29, 0.717) is 0 Å². The van der Waals surface area contributed by atoms with Gasteiger partial charge in [0.05, 0.1) is 6.20 Å². The van der Waals surface area contributed by atoms with Gasteiger partial charge in [0.1, 0.15) is 0 Å². The first kappa shape index (κ1) is 17.4. The minimum Gasteiger partial charge on any atom is -0.313 e. The molecule has 0 amide bonds. The summed E-state index contributed by atoms with van der Waals surface area (Å²) in [6, 6.07) is 0. The lowest BCUT2D eigenvalue weighted by atomic mass is 9.89. The van der Waals surface area contributed by atoms with Crippen LogP contribution in [-0.2, 0) is 12.0 Å². The summed E-state index contributed by atoms with van der Waals surface area (Å²) < 4.78 is 0. The molecule has 0 atom stereocenters. The first-order chi connectivity index (χ1) is 10.5. The third-order valence-corrected chi connectivity index (χ3v) is 4.46. The number of nitrogens with zero attached hydrogens (tertiary/aromatic N) is 3. The van der Waals surface area contributed by atoms with E-state index >= 15 is 0 Å². The van der Waals surface area contributed by atoms with Gasteiger partial charge in [-0.15, -0.1) is 0 Å². The average molecular weight is 307 g/mol. The van der Waals surface area contributed by atoms with Gasteiger partial charge in [-0.3, -0.25) is 5.10 Å². The largest absolute Gasteiger partial charge is 0.313 e. The summed E-state index contributed by atoms with van der Waals surface area (Å²) >= 11 is 0. The molecule has 0 aliphatic carbocycles. The number of aromatic nitrogens is 2. The SMILES string of the molecule is CN1CCN(CCCCNCc2cn[nH]c2C(C)(C)C)CC1. The average Bonchev–Trinajstić information content (AvgIpc) is 2.93. The topological polar surface area (TPSA) is 47.2 Å². The Morgan fingerprint density at radius 1 is 1.18 bits per heavy atom. The van der Waals surface area contributed by atoms with Gasteiger partial charge in [-0.2, -0.15) is 5.10 Å². The summed E-state index contributed by atoms with van der Waals surface area (Å²) in [5, 5.41) is 10.9. The second-order valence-electron chi connectivity index (χ2n) is 7.55. The highest BCUT2D eigenvalue weighted by atomic mass is 15.2. The normalized spacial score (nSPS) is 18.0. The van der Waals surface area contributed by atoms with Crippen LogP contribution < -0.4 is 5.32 Å². The summed E-state index contributed by atoms with van der Waals surface area (Å²) in [4.78, 5) is 5.00. The monoisotopic (exact) mass is 307 g/mol. The molecule has 1 aromatic rings. The second kappa shape index (κ2) is 8.09. The van der Waals surface area contributed by atoms with Crippen molar-refractivity contribution in [2.45, 2.75) is 45.6 Å². The predicted molar refractivity (Wildman–Crippen MR) is 92.2 cm³/mol. The van der Waals surface area contributed by atoms with Crippen molar-refractivity contribution < 1.29 is 0 Å².